The van der Waals surface area contributed by atoms with Gasteiger partial charge in [0.15, 0.2) is 0 Å². The van der Waals surface area contributed by atoms with Crippen LogP contribution in [0.5, 0.6) is 0 Å². The zero-order chi connectivity index (χ0) is 15.0. The van der Waals surface area contributed by atoms with E-state index in [2.05, 4.69) is 84.5 Å². The fraction of sp³-hybridized carbons (Fsp3) is 0.368. The minimum atomic E-state index is 0.280. The van der Waals surface area contributed by atoms with Crippen LogP contribution < -0.4 is 5.32 Å². The largest absolute Gasteiger partial charge is 0.378 e. The Kier molecular flexibility index (Phi) is 3.83. The maximum Gasteiger partial charge on any atom is 0.0517 e. The first-order chi connectivity index (χ1) is 9.97. The number of hydrogen-bond acceptors (Lipinski definition) is 1. The number of fused-ring (bicyclic) bond motifs is 1. The first kappa shape index (κ1) is 14.6. The van der Waals surface area contributed by atoms with Crippen molar-refractivity contribution in [1.82, 2.24) is 0 Å². The summed E-state index contributed by atoms with van der Waals surface area (Å²) in [4.78, 5) is 0. The highest BCUT2D eigenvalue weighted by molar-refractivity contribution is 9.10. The molecule has 1 nitrogen and oxygen atoms in total. The van der Waals surface area contributed by atoms with E-state index in [4.69, 9.17) is 0 Å². The van der Waals surface area contributed by atoms with E-state index in [1.54, 1.807) is 0 Å². The molecule has 0 spiro atoms. The van der Waals surface area contributed by atoms with Crippen LogP contribution in [0.15, 0.2) is 46.9 Å². The average molecular weight is 344 g/mol. The van der Waals surface area contributed by atoms with Crippen LogP contribution >= 0.6 is 15.9 Å². The van der Waals surface area contributed by atoms with Crippen molar-refractivity contribution < 1.29 is 0 Å². The van der Waals surface area contributed by atoms with Crippen LogP contribution in [0.25, 0.3) is 0 Å². The van der Waals surface area contributed by atoms with Crippen molar-refractivity contribution in [2.75, 3.05) is 5.32 Å². The fourth-order valence-electron chi connectivity index (χ4n) is 3.25. The second-order valence-electron chi connectivity index (χ2n) is 6.67. The number of hydrogen-bond donors (Lipinski definition) is 1. The Labute approximate surface area is 135 Å². The second kappa shape index (κ2) is 5.49. The van der Waals surface area contributed by atoms with Gasteiger partial charge in [-0.05, 0) is 54.0 Å². The van der Waals surface area contributed by atoms with Gasteiger partial charge in [0.05, 0.1) is 6.04 Å². The van der Waals surface area contributed by atoms with Crippen LogP contribution in [-0.4, -0.2) is 0 Å². The topological polar surface area (TPSA) is 12.0 Å². The molecular weight excluding hydrogens is 322 g/mol. The van der Waals surface area contributed by atoms with E-state index in [0.717, 1.165) is 4.47 Å². The molecule has 0 radical (unpaired) electrons. The number of aryl methyl sites for hydroxylation is 1. The van der Waals surface area contributed by atoms with Crippen molar-refractivity contribution in [3.63, 3.8) is 0 Å². The lowest BCUT2D eigenvalue weighted by atomic mass is 9.71. The summed E-state index contributed by atoms with van der Waals surface area (Å²) < 4.78 is 1.16. The summed E-state index contributed by atoms with van der Waals surface area (Å²) >= 11 is 3.62. The van der Waals surface area contributed by atoms with Gasteiger partial charge in [-0.25, -0.2) is 0 Å². The Bertz CT molecular complexity index is 660. The molecule has 0 amide bonds. The first-order valence-corrected chi connectivity index (χ1v) is 8.39. The number of rotatable bonds is 2. The molecule has 0 saturated heterocycles. The highest BCUT2D eigenvalue weighted by Gasteiger charge is 2.32. The molecule has 0 saturated carbocycles. The Morgan fingerprint density at radius 1 is 1.14 bits per heavy atom. The molecule has 0 heterocycles. The van der Waals surface area contributed by atoms with E-state index in [-0.39, 0.29) is 5.41 Å². The third-order valence-corrected chi connectivity index (χ3v) is 5.49. The average Bonchev–Trinajstić information content (AvgIpc) is 2.46. The molecular formula is C19H22BrN. The van der Waals surface area contributed by atoms with Crippen LogP contribution in [0.1, 0.15) is 49.4 Å². The number of anilines is 1. The maximum absolute atomic E-state index is 3.71. The summed E-state index contributed by atoms with van der Waals surface area (Å²) in [5.74, 6) is 0. The van der Waals surface area contributed by atoms with Gasteiger partial charge in [0.25, 0.3) is 0 Å². The third-order valence-electron chi connectivity index (χ3n) is 4.64. The molecule has 1 unspecified atom stereocenters. The van der Waals surface area contributed by atoms with Crippen LogP contribution in [0, 0.1) is 6.92 Å². The van der Waals surface area contributed by atoms with E-state index in [1.165, 1.54) is 35.2 Å². The van der Waals surface area contributed by atoms with Gasteiger partial charge < -0.3 is 5.32 Å². The van der Waals surface area contributed by atoms with Crippen LogP contribution in [-0.2, 0) is 5.41 Å². The third kappa shape index (κ3) is 2.87. The van der Waals surface area contributed by atoms with Gasteiger partial charge in [0.2, 0.25) is 0 Å². The van der Waals surface area contributed by atoms with Crippen molar-refractivity contribution >= 4 is 21.6 Å². The van der Waals surface area contributed by atoms with Crippen molar-refractivity contribution in [2.24, 2.45) is 0 Å². The van der Waals surface area contributed by atoms with Crippen LogP contribution in [0.2, 0.25) is 0 Å². The van der Waals surface area contributed by atoms with Crippen molar-refractivity contribution in [3.05, 3.63) is 63.6 Å². The second-order valence-corrected chi connectivity index (χ2v) is 7.53. The molecule has 2 aromatic carbocycles. The molecule has 0 aliphatic heterocycles. The Hall–Kier alpha value is -1.28. The molecule has 2 aromatic rings. The zero-order valence-electron chi connectivity index (χ0n) is 12.9. The van der Waals surface area contributed by atoms with Crippen LogP contribution in [0.4, 0.5) is 5.69 Å². The lowest BCUT2D eigenvalue weighted by Crippen LogP contribution is -2.29. The van der Waals surface area contributed by atoms with E-state index < -0.39 is 0 Å². The predicted molar refractivity (Wildman–Crippen MR) is 93.9 cm³/mol. The smallest absolute Gasteiger partial charge is 0.0517 e. The molecule has 1 aliphatic carbocycles. The van der Waals surface area contributed by atoms with Gasteiger partial charge in [-0.1, -0.05) is 60.1 Å². The molecule has 0 aromatic heterocycles. The molecule has 1 atom stereocenters. The quantitative estimate of drug-likeness (QED) is 0.706. The van der Waals surface area contributed by atoms with Gasteiger partial charge in [-0.15, -0.1) is 0 Å². The summed E-state index contributed by atoms with van der Waals surface area (Å²) in [6.45, 7) is 6.82. The summed E-state index contributed by atoms with van der Waals surface area (Å²) in [6.07, 6.45) is 2.39. The SMILES string of the molecule is Cc1ccc(NC2CCC(C)(C)c3ccccc32)cc1Br. The lowest BCUT2D eigenvalue weighted by Gasteiger charge is -2.37. The minimum absolute atomic E-state index is 0.280. The monoisotopic (exact) mass is 343 g/mol. The normalized spacial score (nSPS) is 19.9. The van der Waals surface area contributed by atoms with Gasteiger partial charge in [-0.2, -0.15) is 0 Å². The zero-order valence-corrected chi connectivity index (χ0v) is 14.5. The summed E-state index contributed by atoms with van der Waals surface area (Å²) in [5.41, 5.74) is 5.67. The fourth-order valence-corrected chi connectivity index (χ4v) is 3.63. The van der Waals surface area contributed by atoms with Gasteiger partial charge in [0.1, 0.15) is 0 Å². The molecule has 2 heteroatoms. The van der Waals surface area contributed by atoms with E-state index in [1.807, 2.05) is 0 Å². The molecule has 21 heavy (non-hydrogen) atoms. The number of halogens is 1. The predicted octanol–water partition coefficient (Wildman–Crippen LogP) is 5.98. The van der Waals surface area contributed by atoms with Gasteiger partial charge in [-0.3, -0.25) is 0 Å². The number of benzene rings is 2. The van der Waals surface area contributed by atoms with Gasteiger partial charge in [0, 0.05) is 10.2 Å². The molecule has 1 aliphatic rings. The Morgan fingerprint density at radius 2 is 1.90 bits per heavy atom. The molecule has 1 N–H and O–H groups in total. The standard InChI is InChI=1S/C19H22BrN/c1-13-8-9-14(12-17(13)20)21-18-10-11-19(2,3)16-7-5-4-6-15(16)18/h4-9,12,18,21H,10-11H2,1-3H3. The minimum Gasteiger partial charge on any atom is -0.378 e. The summed E-state index contributed by atoms with van der Waals surface area (Å²) in [7, 11) is 0. The molecule has 3 rings (SSSR count). The Morgan fingerprint density at radius 3 is 2.67 bits per heavy atom. The lowest BCUT2D eigenvalue weighted by molar-refractivity contribution is 0.406. The highest BCUT2D eigenvalue weighted by Crippen LogP contribution is 2.42. The molecule has 0 bridgehead atoms. The molecule has 0 fully saturated rings. The van der Waals surface area contributed by atoms with Crippen molar-refractivity contribution in [3.8, 4) is 0 Å². The van der Waals surface area contributed by atoms with E-state index >= 15 is 0 Å². The van der Waals surface area contributed by atoms with Crippen molar-refractivity contribution in [1.29, 1.82) is 0 Å². The maximum atomic E-state index is 3.71. The first-order valence-electron chi connectivity index (χ1n) is 7.59. The Balaban J connectivity index is 1.92. The molecule has 110 valence electrons. The van der Waals surface area contributed by atoms with Gasteiger partial charge >= 0.3 is 0 Å². The van der Waals surface area contributed by atoms with Crippen molar-refractivity contribution in [2.45, 2.75) is 45.1 Å². The van der Waals surface area contributed by atoms with E-state index in [0.29, 0.717) is 6.04 Å². The summed E-state index contributed by atoms with van der Waals surface area (Å²) in [5, 5.41) is 3.71. The highest BCUT2D eigenvalue weighted by atomic mass is 79.9. The van der Waals surface area contributed by atoms with E-state index in [9.17, 15) is 0 Å². The van der Waals surface area contributed by atoms with Crippen LogP contribution in [0.3, 0.4) is 0 Å². The number of nitrogens with one attached hydrogen (secondary N) is 1. The summed E-state index contributed by atoms with van der Waals surface area (Å²) in [6, 6.07) is 15.8.